The lowest BCUT2D eigenvalue weighted by Gasteiger charge is -2.18. The zero-order valence-corrected chi connectivity index (χ0v) is 13.6. The molecule has 0 saturated carbocycles. The standard InChI is InChI=1S/C18H22O6/c1-11-7-14(20)9-13(19)6-4-2-3-5-12-8-15(21)10-16(22)17(12)18(23)24-11/h3,5,8,10-11,14,20-22H,2,4,6-7,9H2,1H3/t11-,14+/m1/s1. The lowest BCUT2D eigenvalue weighted by molar-refractivity contribution is -0.121. The first-order chi connectivity index (χ1) is 11.4. The Labute approximate surface area is 140 Å². The summed E-state index contributed by atoms with van der Waals surface area (Å²) in [6.45, 7) is 1.62. The molecule has 1 aromatic rings. The summed E-state index contributed by atoms with van der Waals surface area (Å²) in [6, 6.07) is 2.44. The van der Waals surface area contributed by atoms with E-state index >= 15 is 0 Å². The highest BCUT2D eigenvalue weighted by molar-refractivity contribution is 5.97. The molecule has 1 aliphatic rings. The SMILES string of the molecule is C[C@@H]1C[C@H](O)CC(=O)CCCC=Cc2cc(O)cc(O)c2C(=O)O1. The monoisotopic (exact) mass is 334 g/mol. The first kappa shape index (κ1) is 18.0. The summed E-state index contributed by atoms with van der Waals surface area (Å²) in [4.78, 5) is 24.1. The maximum atomic E-state index is 12.3. The average molecular weight is 334 g/mol. The fourth-order valence-electron chi connectivity index (χ4n) is 2.74. The van der Waals surface area contributed by atoms with Crippen LogP contribution in [0.15, 0.2) is 18.2 Å². The van der Waals surface area contributed by atoms with Gasteiger partial charge in [-0.2, -0.15) is 0 Å². The molecule has 1 heterocycles. The molecule has 3 N–H and O–H groups in total. The topological polar surface area (TPSA) is 104 Å². The van der Waals surface area contributed by atoms with E-state index in [1.165, 1.54) is 6.07 Å². The molecular weight excluding hydrogens is 312 g/mol. The number of Topliss-reactive ketones (excluding diaryl/α,β-unsaturated/α-hetero) is 1. The number of rotatable bonds is 0. The number of aliphatic hydroxyl groups excluding tert-OH is 1. The van der Waals surface area contributed by atoms with E-state index in [1.54, 1.807) is 19.1 Å². The molecule has 0 radical (unpaired) electrons. The van der Waals surface area contributed by atoms with Crippen LogP contribution in [0.5, 0.6) is 11.5 Å². The van der Waals surface area contributed by atoms with Gasteiger partial charge in [-0.15, -0.1) is 0 Å². The summed E-state index contributed by atoms with van der Waals surface area (Å²) in [5.74, 6) is -1.30. The number of carbonyl (C=O) groups excluding carboxylic acids is 2. The van der Waals surface area contributed by atoms with Crippen molar-refractivity contribution >= 4 is 17.8 Å². The Bertz CT molecular complexity index is 649. The molecule has 130 valence electrons. The van der Waals surface area contributed by atoms with Crippen LogP contribution in [-0.4, -0.2) is 39.3 Å². The second-order valence-electron chi connectivity index (χ2n) is 6.07. The molecule has 6 nitrogen and oxygen atoms in total. The van der Waals surface area contributed by atoms with Crippen molar-refractivity contribution in [3.05, 3.63) is 29.3 Å². The van der Waals surface area contributed by atoms with E-state index in [0.29, 0.717) is 24.8 Å². The van der Waals surface area contributed by atoms with Gasteiger partial charge in [0.1, 0.15) is 28.9 Å². The number of carbonyl (C=O) groups is 2. The van der Waals surface area contributed by atoms with Crippen LogP contribution in [-0.2, 0) is 9.53 Å². The van der Waals surface area contributed by atoms with Crippen molar-refractivity contribution in [2.24, 2.45) is 0 Å². The zero-order chi connectivity index (χ0) is 17.7. The largest absolute Gasteiger partial charge is 0.508 e. The molecule has 1 aliphatic heterocycles. The zero-order valence-electron chi connectivity index (χ0n) is 13.6. The molecular formula is C18H22O6. The summed E-state index contributed by atoms with van der Waals surface area (Å²) in [5, 5.41) is 29.5. The molecule has 0 spiro atoms. The quantitative estimate of drug-likeness (QED) is 0.630. The minimum absolute atomic E-state index is 0.0258. The molecule has 0 fully saturated rings. The second kappa shape index (κ2) is 7.97. The van der Waals surface area contributed by atoms with Gasteiger partial charge >= 0.3 is 5.97 Å². The number of fused-ring (bicyclic) bond motifs is 1. The van der Waals surface area contributed by atoms with Crippen LogP contribution >= 0.6 is 0 Å². The van der Waals surface area contributed by atoms with Crippen molar-refractivity contribution in [1.82, 2.24) is 0 Å². The minimum atomic E-state index is -0.869. The maximum Gasteiger partial charge on any atom is 0.342 e. The lowest BCUT2D eigenvalue weighted by Crippen LogP contribution is -2.23. The number of aliphatic hydroxyl groups is 1. The van der Waals surface area contributed by atoms with E-state index in [1.807, 2.05) is 0 Å². The number of aromatic hydroxyl groups is 2. The highest BCUT2D eigenvalue weighted by atomic mass is 16.5. The van der Waals surface area contributed by atoms with Crippen LogP contribution in [0, 0.1) is 0 Å². The number of hydrogen-bond donors (Lipinski definition) is 3. The molecule has 0 aromatic heterocycles. The molecule has 0 aliphatic carbocycles. The van der Waals surface area contributed by atoms with Gasteiger partial charge < -0.3 is 20.1 Å². The Morgan fingerprint density at radius 2 is 1.96 bits per heavy atom. The summed E-state index contributed by atoms with van der Waals surface area (Å²) < 4.78 is 5.26. The van der Waals surface area contributed by atoms with Gasteiger partial charge in [-0.3, -0.25) is 4.79 Å². The predicted molar refractivity (Wildman–Crippen MR) is 87.8 cm³/mol. The summed E-state index contributed by atoms with van der Waals surface area (Å²) in [6.07, 6.45) is 3.68. The van der Waals surface area contributed by atoms with Crippen LogP contribution in [0.2, 0.25) is 0 Å². The van der Waals surface area contributed by atoms with Crippen molar-refractivity contribution in [1.29, 1.82) is 0 Å². The molecule has 0 amide bonds. The molecule has 2 atom stereocenters. The van der Waals surface area contributed by atoms with Gasteiger partial charge in [-0.05, 0) is 31.4 Å². The van der Waals surface area contributed by atoms with Crippen LogP contribution < -0.4 is 0 Å². The van der Waals surface area contributed by atoms with E-state index in [2.05, 4.69) is 0 Å². The van der Waals surface area contributed by atoms with Gasteiger partial charge in [0.05, 0.1) is 6.10 Å². The minimum Gasteiger partial charge on any atom is -0.508 e. The van der Waals surface area contributed by atoms with Gasteiger partial charge in [0.25, 0.3) is 0 Å². The molecule has 0 unspecified atom stereocenters. The van der Waals surface area contributed by atoms with Crippen molar-refractivity contribution in [3.63, 3.8) is 0 Å². The molecule has 0 bridgehead atoms. The van der Waals surface area contributed by atoms with E-state index in [-0.39, 0.29) is 35.7 Å². The van der Waals surface area contributed by atoms with E-state index in [0.717, 1.165) is 6.07 Å². The van der Waals surface area contributed by atoms with Crippen LogP contribution in [0.3, 0.4) is 0 Å². The normalized spacial score (nSPS) is 23.2. The van der Waals surface area contributed by atoms with E-state index in [4.69, 9.17) is 4.74 Å². The van der Waals surface area contributed by atoms with Crippen molar-refractivity contribution < 1.29 is 29.6 Å². The predicted octanol–water partition coefficient (Wildman–Crippen LogP) is 2.55. The van der Waals surface area contributed by atoms with Crippen LogP contribution in [0.4, 0.5) is 0 Å². The highest BCUT2D eigenvalue weighted by Crippen LogP contribution is 2.30. The third-order valence-electron chi connectivity index (χ3n) is 3.84. The average Bonchev–Trinajstić information content (AvgIpc) is 2.44. The molecule has 1 aromatic carbocycles. The Balaban J connectivity index is 2.34. The van der Waals surface area contributed by atoms with Crippen molar-refractivity contribution in [2.75, 3.05) is 0 Å². The van der Waals surface area contributed by atoms with Crippen molar-refractivity contribution in [3.8, 4) is 11.5 Å². The summed E-state index contributed by atoms with van der Waals surface area (Å²) in [5.41, 5.74) is 0.312. The third-order valence-corrected chi connectivity index (χ3v) is 3.84. The van der Waals surface area contributed by atoms with Crippen LogP contribution in [0.1, 0.15) is 54.9 Å². The lowest BCUT2D eigenvalue weighted by atomic mass is 10.0. The first-order valence-electron chi connectivity index (χ1n) is 8.00. The number of hydrogen-bond acceptors (Lipinski definition) is 6. The molecule has 0 saturated heterocycles. The van der Waals surface area contributed by atoms with Gasteiger partial charge in [0, 0.05) is 25.3 Å². The summed E-state index contributed by atoms with van der Waals surface area (Å²) >= 11 is 0. The third kappa shape index (κ3) is 4.83. The van der Waals surface area contributed by atoms with Gasteiger partial charge in [-0.25, -0.2) is 4.79 Å². The Hall–Kier alpha value is -2.34. The number of allylic oxidation sites excluding steroid dienone is 1. The molecule has 2 rings (SSSR count). The smallest absolute Gasteiger partial charge is 0.342 e. The van der Waals surface area contributed by atoms with Crippen molar-refractivity contribution in [2.45, 2.75) is 51.2 Å². The number of ketones is 1. The fourth-order valence-corrected chi connectivity index (χ4v) is 2.74. The van der Waals surface area contributed by atoms with E-state index < -0.39 is 18.2 Å². The molecule has 6 heteroatoms. The number of esters is 1. The highest BCUT2D eigenvalue weighted by Gasteiger charge is 2.22. The van der Waals surface area contributed by atoms with Crippen LogP contribution in [0.25, 0.3) is 6.08 Å². The van der Waals surface area contributed by atoms with E-state index in [9.17, 15) is 24.9 Å². The molecule has 24 heavy (non-hydrogen) atoms. The number of phenolic OH excluding ortho intramolecular Hbond substituents is 2. The Morgan fingerprint density at radius 1 is 1.21 bits per heavy atom. The number of benzene rings is 1. The number of phenols is 2. The Morgan fingerprint density at radius 3 is 2.71 bits per heavy atom. The fraction of sp³-hybridized carbons (Fsp3) is 0.444. The second-order valence-corrected chi connectivity index (χ2v) is 6.07. The number of ether oxygens (including phenoxy) is 1. The summed E-state index contributed by atoms with van der Waals surface area (Å²) in [7, 11) is 0. The Kier molecular flexibility index (Phi) is 5.98. The van der Waals surface area contributed by atoms with Gasteiger partial charge in [0.2, 0.25) is 0 Å². The van der Waals surface area contributed by atoms with Gasteiger partial charge in [-0.1, -0.05) is 12.2 Å². The maximum absolute atomic E-state index is 12.3. The van der Waals surface area contributed by atoms with Gasteiger partial charge in [0.15, 0.2) is 0 Å². The number of cyclic esters (lactones) is 1. The first-order valence-corrected chi connectivity index (χ1v) is 8.00.